The first-order chi connectivity index (χ1) is 7.54. The van der Waals surface area contributed by atoms with Crippen LogP contribution in [0.25, 0.3) is 0 Å². The molecule has 98 valence electrons. The van der Waals surface area contributed by atoms with Crippen molar-refractivity contribution in [2.24, 2.45) is 5.92 Å². The van der Waals surface area contributed by atoms with E-state index in [1.807, 2.05) is 0 Å². The quantitative estimate of drug-likeness (QED) is 0.739. The van der Waals surface area contributed by atoms with Crippen molar-refractivity contribution in [1.82, 2.24) is 0 Å². The topological polar surface area (TPSA) is 74.6 Å². The standard InChI is InChI=1S/C10H13F3O4/c1-5(2)7(4-10(11,12)13)6(9(16)17)3-8(14)15/h5H,3-4H2,1-2H3,(H,14,15)(H,16,17). The Hall–Kier alpha value is -1.53. The molecule has 0 unspecified atom stereocenters. The molecule has 0 aromatic rings. The van der Waals surface area contributed by atoms with Crippen LogP contribution in [0.15, 0.2) is 11.1 Å². The highest BCUT2D eigenvalue weighted by molar-refractivity contribution is 5.93. The van der Waals surface area contributed by atoms with Crippen molar-refractivity contribution in [2.45, 2.75) is 32.9 Å². The molecule has 0 radical (unpaired) electrons. The second-order valence-corrected chi connectivity index (χ2v) is 3.83. The molecule has 0 fully saturated rings. The number of halogens is 3. The zero-order chi connectivity index (χ0) is 13.8. The van der Waals surface area contributed by atoms with Gasteiger partial charge in [-0.15, -0.1) is 0 Å². The Morgan fingerprint density at radius 2 is 1.65 bits per heavy atom. The van der Waals surface area contributed by atoms with Crippen LogP contribution in [0.5, 0.6) is 0 Å². The summed E-state index contributed by atoms with van der Waals surface area (Å²) in [6.45, 7) is 2.79. The fourth-order valence-electron chi connectivity index (χ4n) is 1.35. The first-order valence-corrected chi connectivity index (χ1v) is 4.78. The maximum Gasteiger partial charge on any atom is 0.392 e. The third-order valence-corrected chi connectivity index (χ3v) is 2.06. The lowest BCUT2D eigenvalue weighted by molar-refractivity contribution is -0.140. The summed E-state index contributed by atoms with van der Waals surface area (Å²) in [6.07, 6.45) is -6.88. The number of carboxylic acid groups (broad SMARTS) is 2. The lowest BCUT2D eigenvalue weighted by Crippen LogP contribution is -2.18. The molecule has 7 heteroatoms. The second kappa shape index (κ2) is 5.70. The minimum absolute atomic E-state index is 0.396. The van der Waals surface area contributed by atoms with E-state index in [1.165, 1.54) is 13.8 Å². The molecule has 0 aliphatic rings. The third-order valence-electron chi connectivity index (χ3n) is 2.06. The van der Waals surface area contributed by atoms with Gasteiger partial charge in [-0.1, -0.05) is 13.8 Å². The number of carbonyl (C=O) groups is 2. The maximum absolute atomic E-state index is 12.3. The van der Waals surface area contributed by atoms with Gasteiger partial charge >= 0.3 is 18.1 Å². The molecule has 2 N–H and O–H groups in total. The van der Waals surface area contributed by atoms with Crippen molar-refractivity contribution in [1.29, 1.82) is 0 Å². The van der Waals surface area contributed by atoms with Crippen LogP contribution < -0.4 is 0 Å². The summed E-state index contributed by atoms with van der Waals surface area (Å²) in [5.74, 6) is -3.77. The smallest absolute Gasteiger partial charge is 0.392 e. The van der Waals surface area contributed by atoms with Gasteiger partial charge in [0.2, 0.25) is 0 Å². The first-order valence-electron chi connectivity index (χ1n) is 4.78. The molecule has 0 saturated carbocycles. The summed E-state index contributed by atoms with van der Waals surface area (Å²) in [4.78, 5) is 21.2. The van der Waals surface area contributed by atoms with E-state index >= 15 is 0 Å². The van der Waals surface area contributed by atoms with E-state index in [4.69, 9.17) is 10.2 Å². The Labute approximate surface area is 95.7 Å². The van der Waals surface area contributed by atoms with E-state index in [1.54, 1.807) is 0 Å². The highest BCUT2D eigenvalue weighted by Gasteiger charge is 2.33. The van der Waals surface area contributed by atoms with Gasteiger partial charge in [0.25, 0.3) is 0 Å². The van der Waals surface area contributed by atoms with Gasteiger partial charge in [-0.05, 0) is 11.5 Å². The number of hydrogen-bond donors (Lipinski definition) is 2. The Kier molecular flexibility index (Phi) is 5.18. The van der Waals surface area contributed by atoms with Gasteiger partial charge in [0.15, 0.2) is 0 Å². The normalized spacial score (nSPS) is 13.5. The molecule has 0 spiro atoms. The summed E-state index contributed by atoms with van der Waals surface area (Å²) >= 11 is 0. The van der Waals surface area contributed by atoms with Crippen LogP contribution in [0.2, 0.25) is 0 Å². The van der Waals surface area contributed by atoms with Gasteiger partial charge in [-0.3, -0.25) is 4.79 Å². The number of hydrogen-bond acceptors (Lipinski definition) is 2. The molecule has 0 aromatic carbocycles. The number of alkyl halides is 3. The Bertz CT molecular complexity index is 342. The lowest BCUT2D eigenvalue weighted by Gasteiger charge is -2.17. The van der Waals surface area contributed by atoms with Crippen LogP contribution in [0.4, 0.5) is 13.2 Å². The Balaban J connectivity index is 5.43. The maximum atomic E-state index is 12.3. The van der Waals surface area contributed by atoms with E-state index in [0.29, 0.717) is 0 Å². The average molecular weight is 254 g/mol. The predicted molar refractivity (Wildman–Crippen MR) is 52.4 cm³/mol. The number of carboxylic acids is 2. The summed E-state index contributed by atoms with van der Waals surface area (Å²) in [5.41, 5.74) is -1.09. The summed E-state index contributed by atoms with van der Waals surface area (Å²) in [6, 6.07) is 0. The SMILES string of the molecule is CC(C)C(CC(F)(F)F)=C(CC(=O)O)C(=O)O. The first kappa shape index (κ1) is 15.5. The van der Waals surface area contributed by atoms with Gasteiger partial charge in [-0.2, -0.15) is 13.2 Å². The molecule has 0 aliphatic carbocycles. The average Bonchev–Trinajstić information content (AvgIpc) is 2.08. The molecule has 0 rings (SSSR count). The van der Waals surface area contributed by atoms with Crippen molar-refractivity contribution in [2.75, 3.05) is 0 Å². The monoisotopic (exact) mass is 254 g/mol. The van der Waals surface area contributed by atoms with E-state index in [2.05, 4.69) is 0 Å². The molecular weight excluding hydrogens is 241 g/mol. The fraction of sp³-hybridized carbons (Fsp3) is 0.600. The molecule has 0 aliphatic heterocycles. The number of aliphatic carboxylic acids is 2. The Morgan fingerprint density at radius 1 is 1.18 bits per heavy atom. The molecule has 0 aromatic heterocycles. The van der Waals surface area contributed by atoms with Gasteiger partial charge in [0.05, 0.1) is 12.8 Å². The van der Waals surface area contributed by atoms with Gasteiger partial charge in [-0.25, -0.2) is 4.79 Å². The van der Waals surface area contributed by atoms with Crippen molar-refractivity contribution < 1.29 is 33.0 Å². The van der Waals surface area contributed by atoms with Gasteiger partial charge in [0.1, 0.15) is 0 Å². The van der Waals surface area contributed by atoms with Gasteiger partial charge < -0.3 is 10.2 Å². The predicted octanol–water partition coefficient (Wildman–Crippen LogP) is 2.45. The van der Waals surface area contributed by atoms with Crippen LogP contribution >= 0.6 is 0 Å². The van der Waals surface area contributed by atoms with Crippen molar-refractivity contribution in [3.8, 4) is 0 Å². The van der Waals surface area contributed by atoms with Crippen molar-refractivity contribution in [3.05, 3.63) is 11.1 Å². The van der Waals surface area contributed by atoms with Crippen LogP contribution in [-0.4, -0.2) is 28.3 Å². The van der Waals surface area contributed by atoms with E-state index in [0.717, 1.165) is 0 Å². The number of allylic oxidation sites excluding steroid dienone is 1. The highest BCUT2D eigenvalue weighted by Crippen LogP contribution is 2.31. The van der Waals surface area contributed by atoms with E-state index < -0.39 is 48.0 Å². The van der Waals surface area contributed by atoms with Crippen molar-refractivity contribution in [3.63, 3.8) is 0 Å². The zero-order valence-electron chi connectivity index (χ0n) is 9.34. The summed E-state index contributed by atoms with van der Waals surface area (Å²) < 4.78 is 36.8. The largest absolute Gasteiger partial charge is 0.481 e. The molecule has 0 amide bonds. The Morgan fingerprint density at radius 3 is 1.88 bits per heavy atom. The van der Waals surface area contributed by atoms with Crippen LogP contribution in [-0.2, 0) is 9.59 Å². The van der Waals surface area contributed by atoms with E-state index in [-0.39, 0.29) is 0 Å². The third kappa shape index (κ3) is 5.94. The molecule has 0 atom stereocenters. The van der Waals surface area contributed by atoms with Crippen LogP contribution in [0.1, 0.15) is 26.7 Å². The molecular formula is C10H13F3O4. The molecule has 0 saturated heterocycles. The summed E-state index contributed by atoms with van der Waals surface area (Å²) in [5, 5.41) is 17.2. The minimum atomic E-state index is -4.56. The minimum Gasteiger partial charge on any atom is -0.481 e. The highest BCUT2D eigenvalue weighted by atomic mass is 19.4. The zero-order valence-corrected chi connectivity index (χ0v) is 9.34. The molecule has 17 heavy (non-hydrogen) atoms. The fourth-order valence-corrected chi connectivity index (χ4v) is 1.35. The van der Waals surface area contributed by atoms with Gasteiger partial charge in [0, 0.05) is 5.57 Å². The molecule has 4 nitrogen and oxygen atoms in total. The van der Waals surface area contributed by atoms with Crippen LogP contribution in [0, 0.1) is 5.92 Å². The molecule has 0 bridgehead atoms. The molecule has 0 heterocycles. The number of rotatable bonds is 5. The lowest BCUT2D eigenvalue weighted by atomic mass is 9.92. The summed E-state index contributed by atoms with van der Waals surface area (Å²) in [7, 11) is 0. The van der Waals surface area contributed by atoms with E-state index in [9.17, 15) is 22.8 Å². The second-order valence-electron chi connectivity index (χ2n) is 3.83. The van der Waals surface area contributed by atoms with Crippen LogP contribution in [0.3, 0.4) is 0 Å². The van der Waals surface area contributed by atoms with Crippen molar-refractivity contribution >= 4 is 11.9 Å².